The van der Waals surface area contributed by atoms with Gasteiger partial charge in [-0.15, -0.1) is 0 Å². The number of aromatic nitrogens is 2. The van der Waals surface area contributed by atoms with E-state index >= 15 is 0 Å². The van der Waals surface area contributed by atoms with Crippen LogP contribution in [0.3, 0.4) is 0 Å². The smallest absolute Gasteiger partial charge is 0.105 e. The van der Waals surface area contributed by atoms with Gasteiger partial charge in [-0.1, -0.05) is 128 Å². The number of hydrogen-bond donors (Lipinski definition) is 4. The Balaban J connectivity index is 0.000000201. The fourth-order valence-corrected chi connectivity index (χ4v) is 6.58. The summed E-state index contributed by atoms with van der Waals surface area (Å²) in [6, 6.07) is 42.5. The van der Waals surface area contributed by atoms with Crippen LogP contribution in [0.15, 0.2) is 171 Å². The molecule has 0 amide bonds. The molecule has 0 aliphatic rings. The van der Waals surface area contributed by atoms with Crippen molar-refractivity contribution in [2.45, 2.75) is 12.8 Å². The summed E-state index contributed by atoms with van der Waals surface area (Å²) < 4.78 is 4.72. The molecular weight excluding hydrogens is 641 g/mol. The largest absolute Gasteiger partial charge is 0.400 e. The van der Waals surface area contributed by atoms with Crippen molar-refractivity contribution < 1.29 is 5.11 Å². The summed E-state index contributed by atoms with van der Waals surface area (Å²) >= 11 is 0. The monoisotopic (exact) mass is 690 g/mol. The highest BCUT2D eigenvalue weighted by Crippen LogP contribution is 2.32. The minimum absolute atomic E-state index is 0.0213. The van der Waals surface area contributed by atoms with E-state index in [1.54, 1.807) is 0 Å². The van der Waals surface area contributed by atoms with E-state index < -0.39 is 0 Å². The van der Waals surface area contributed by atoms with Crippen LogP contribution in [0.25, 0.3) is 43.6 Å². The van der Waals surface area contributed by atoms with Crippen LogP contribution in [0.5, 0.6) is 0 Å². The standard InChI is InChI=1S/C25H26N4.C19H20N2.CH4O/c1-3-4-17-25(28-18-27-22-14-8-7-13-21(22)26-2)29-23-15-9-5-11-19(23)20-12-6-10-16-24(20)29;1-3-4-9-14-20(2)15-21-18-12-7-5-10-16(18)17-11-6-8-13-19(17)21;1-2/h3-17,25-28H,1,18H2,2H3;3-13H,1,14-15H2,2H3;2H,1H3/b17-4-;9-4-;. The number of hydrogen-bond acceptors (Lipinski definition) is 5. The van der Waals surface area contributed by atoms with Crippen LogP contribution in [0.1, 0.15) is 6.17 Å². The molecule has 0 radical (unpaired) electrons. The Morgan fingerprint density at radius 2 is 1.12 bits per heavy atom. The fourth-order valence-electron chi connectivity index (χ4n) is 6.58. The van der Waals surface area contributed by atoms with E-state index in [-0.39, 0.29) is 6.17 Å². The summed E-state index contributed by atoms with van der Waals surface area (Å²) in [7, 11) is 5.07. The third kappa shape index (κ3) is 8.53. The quantitative estimate of drug-likeness (QED) is 0.0717. The minimum Gasteiger partial charge on any atom is -0.400 e. The lowest BCUT2D eigenvalue weighted by Crippen LogP contribution is -2.30. The molecule has 0 fully saturated rings. The number of nitrogens with one attached hydrogen (secondary N) is 3. The van der Waals surface area contributed by atoms with Gasteiger partial charge in [0.05, 0.1) is 46.8 Å². The van der Waals surface area contributed by atoms with Gasteiger partial charge in [-0.25, -0.2) is 0 Å². The Bertz CT molecular complexity index is 2170. The van der Waals surface area contributed by atoms with Crippen LogP contribution >= 0.6 is 0 Å². The Morgan fingerprint density at radius 3 is 1.63 bits per heavy atom. The highest BCUT2D eigenvalue weighted by Gasteiger charge is 2.16. The number of likely N-dealkylation sites (N-methyl/N-ethyl adjacent to an activating group) is 1. The molecule has 4 N–H and O–H groups in total. The van der Waals surface area contributed by atoms with Gasteiger partial charge in [-0.3, -0.25) is 10.2 Å². The molecule has 0 aliphatic carbocycles. The van der Waals surface area contributed by atoms with Gasteiger partial charge in [0.15, 0.2) is 0 Å². The number of para-hydroxylation sites is 6. The van der Waals surface area contributed by atoms with Gasteiger partial charge < -0.3 is 24.9 Å². The minimum atomic E-state index is -0.0213. The maximum Gasteiger partial charge on any atom is 0.105 e. The Hall–Kier alpha value is -5.86. The van der Waals surface area contributed by atoms with Crippen molar-refractivity contribution in [2.24, 2.45) is 0 Å². The van der Waals surface area contributed by atoms with E-state index in [9.17, 15) is 0 Å². The number of nitrogens with zero attached hydrogens (tertiary/aromatic N) is 3. The number of benzene rings is 5. The van der Waals surface area contributed by atoms with Gasteiger partial charge in [0.2, 0.25) is 0 Å². The molecule has 7 aromatic rings. The zero-order chi connectivity index (χ0) is 36.7. The lowest BCUT2D eigenvalue weighted by molar-refractivity contribution is 0.306. The van der Waals surface area contributed by atoms with Crippen LogP contribution in [-0.4, -0.2) is 53.6 Å². The molecule has 1 unspecified atom stereocenters. The molecule has 7 rings (SSSR count). The van der Waals surface area contributed by atoms with E-state index in [4.69, 9.17) is 5.11 Å². The summed E-state index contributed by atoms with van der Waals surface area (Å²) in [6.07, 6.45) is 11.8. The number of fused-ring (bicyclic) bond motifs is 6. The van der Waals surface area contributed by atoms with E-state index in [1.165, 1.54) is 43.6 Å². The third-order valence-corrected chi connectivity index (χ3v) is 8.86. The van der Waals surface area contributed by atoms with Crippen molar-refractivity contribution in [3.63, 3.8) is 0 Å². The predicted molar refractivity (Wildman–Crippen MR) is 225 cm³/mol. The summed E-state index contributed by atoms with van der Waals surface area (Å²) in [6.45, 7) is 9.94. The van der Waals surface area contributed by atoms with E-state index in [0.29, 0.717) is 6.67 Å². The van der Waals surface area contributed by atoms with Crippen molar-refractivity contribution in [2.75, 3.05) is 45.1 Å². The average Bonchev–Trinajstić information content (AvgIpc) is 3.70. The molecule has 0 bridgehead atoms. The number of anilines is 2. The first-order chi connectivity index (χ1) is 25.6. The molecule has 7 heteroatoms. The highest BCUT2D eigenvalue weighted by molar-refractivity contribution is 6.09. The Morgan fingerprint density at radius 1 is 0.654 bits per heavy atom. The molecule has 52 heavy (non-hydrogen) atoms. The molecule has 5 aromatic carbocycles. The highest BCUT2D eigenvalue weighted by atomic mass is 16.2. The number of aliphatic hydroxyl groups is 1. The lowest BCUT2D eigenvalue weighted by Gasteiger charge is -2.21. The van der Waals surface area contributed by atoms with Crippen molar-refractivity contribution in [1.82, 2.24) is 19.4 Å². The summed E-state index contributed by atoms with van der Waals surface area (Å²) in [5.41, 5.74) is 7.13. The fraction of sp³-hybridized carbons (Fsp3) is 0.156. The van der Waals surface area contributed by atoms with Crippen molar-refractivity contribution >= 4 is 55.0 Å². The molecule has 0 saturated heterocycles. The first-order valence-electron chi connectivity index (χ1n) is 17.5. The number of aliphatic hydroxyl groups excluding tert-OH is 1. The predicted octanol–water partition coefficient (Wildman–Crippen LogP) is 9.77. The zero-order valence-corrected chi connectivity index (χ0v) is 30.4. The van der Waals surface area contributed by atoms with Gasteiger partial charge in [0, 0.05) is 42.2 Å². The molecule has 0 spiro atoms. The summed E-state index contributed by atoms with van der Waals surface area (Å²) in [5.74, 6) is 0. The van der Waals surface area contributed by atoms with Crippen LogP contribution in [-0.2, 0) is 6.67 Å². The SMILES string of the molecule is C=C/C=C\C(NCNc1ccccc1NC)n1c2ccccc2c2ccccc21.C=C/C=C\CN(C)Cn1c2ccccc2c2ccccc21.CO. The van der Waals surface area contributed by atoms with Crippen molar-refractivity contribution in [3.05, 3.63) is 171 Å². The van der Waals surface area contributed by atoms with Crippen LogP contribution < -0.4 is 16.0 Å². The van der Waals surface area contributed by atoms with Gasteiger partial charge in [-0.05, 0) is 49.5 Å². The second-order valence-electron chi connectivity index (χ2n) is 12.1. The molecule has 7 nitrogen and oxygen atoms in total. The topological polar surface area (TPSA) is 69.4 Å². The Kier molecular flexibility index (Phi) is 13.6. The zero-order valence-electron chi connectivity index (χ0n) is 30.4. The van der Waals surface area contributed by atoms with E-state index in [1.807, 2.05) is 43.5 Å². The molecule has 1 atom stereocenters. The first kappa shape index (κ1) is 37.4. The van der Waals surface area contributed by atoms with Crippen LogP contribution in [0, 0.1) is 0 Å². The average molecular weight is 691 g/mol. The lowest BCUT2D eigenvalue weighted by atomic mass is 10.2. The van der Waals surface area contributed by atoms with Gasteiger partial charge in [0.1, 0.15) is 6.17 Å². The maximum atomic E-state index is 7.00. The molecule has 2 heterocycles. The second-order valence-corrected chi connectivity index (χ2v) is 12.1. The first-order valence-corrected chi connectivity index (χ1v) is 17.5. The third-order valence-electron chi connectivity index (χ3n) is 8.86. The van der Waals surface area contributed by atoms with Crippen LogP contribution in [0.4, 0.5) is 11.4 Å². The number of allylic oxidation sites excluding steroid dienone is 4. The molecular formula is C45H50N6O. The summed E-state index contributed by atoms with van der Waals surface area (Å²) in [5, 5.41) is 22.5. The van der Waals surface area contributed by atoms with E-state index in [0.717, 1.165) is 31.7 Å². The summed E-state index contributed by atoms with van der Waals surface area (Å²) in [4.78, 5) is 2.29. The molecule has 0 saturated carbocycles. The van der Waals surface area contributed by atoms with E-state index in [2.05, 4.69) is 172 Å². The van der Waals surface area contributed by atoms with Gasteiger partial charge in [0.25, 0.3) is 0 Å². The molecule has 266 valence electrons. The molecule has 2 aromatic heterocycles. The van der Waals surface area contributed by atoms with Crippen molar-refractivity contribution in [1.29, 1.82) is 0 Å². The molecule has 0 aliphatic heterocycles. The maximum absolute atomic E-state index is 7.00. The van der Waals surface area contributed by atoms with Crippen molar-refractivity contribution in [3.8, 4) is 0 Å². The second kappa shape index (κ2) is 18.9. The Labute approximate surface area is 307 Å². The number of rotatable bonds is 13. The van der Waals surface area contributed by atoms with Gasteiger partial charge in [-0.2, -0.15) is 0 Å². The normalized spacial score (nSPS) is 11.9. The van der Waals surface area contributed by atoms with Crippen LogP contribution in [0.2, 0.25) is 0 Å². The van der Waals surface area contributed by atoms with Gasteiger partial charge >= 0.3 is 0 Å².